The number of halogens is 1. The molecule has 0 heterocycles. The summed E-state index contributed by atoms with van der Waals surface area (Å²) in [4.78, 5) is 0. The van der Waals surface area contributed by atoms with E-state index in [1.807, 2.05) is 30.3 Å². The zero-order valence-electron chi connectivity index (χ0n) is 11.7. The summed E-state index contributed by atoms with van der Waals surface area (Å²) in [5.74, 6) is 0.218. The quantitative estimate of drug-likeness (QED) is 0.668. The van der Waals surface area contributed by atoms with Crippen molar-refractivity contribution in [3.8, 4) is 0 Å². The standard InChI is InChI=1S/C15H22BrNO2S/c16-11-5-12-17(15-8-4-9-15)20(18,19)13-10-14-6-2-1-3-7-14/h1-3,6-7,15H,4-5,8-13H2. The van der Waals surface area contributed by atoms with Gasteiger partial charge < -0.3 is 0 Å². The van der Waals surface area contributed by atoms with E-state index in [1.54, 1.807) is 4.31 Å². The molecule has 20 heavy (non-hydrogen) atoms. The lowest BCUT2D eigenvalue weighted by Gasteiger charge is -2.36. The summed E-state index contributed by atoms with van der Waals surface area (Å²) in [6.45, 7) is 0.646. The Morgan fingerprint density at radius 3 is 2.45 bits per heavy atom. The molecule has 5 heteroatoms. The molecule has 3 nitrogen and oxygen atoms in total. The number of benzene rings is 1. The largest absolute Gasteiger partial charge is 0.214 e. The smallest absolute Gasteiger partial charge is 0.212 e. The van der Waals surface area contributed by atoms with Gasteiger partial charge in [0.25, 0.3) is 0 Å². The molecule has 2 rings (SSSR count). The molecular weight excluding hydrogens is 338 g/mol. The molecule has 0 aromatic heterocycles. The van der Waals surface area contributed by atoms with Crippen LogP contribution in [0.25, 0.3) is 0 Å². The van der Waals surface area contributed by atoms with Crippen LogP contribution in [0.5, 0.6) is 0 Å². The van der Waals surface area contributed by atoms with Gasteiger partial charge in [-0.15, -0.1) is 0 Å². The van der Waals surface area contributed by atoms with E-state index in [-0.39, 0.29) is 11.8 Å². The summed E-state index contributed by atoms with van der Waals surface area (Å²) in [6.07, 6.45) is 4.67. The van der Waals surface area contributed by atoms with E-state index in [0.29, 0.717) is 13.0 Å². The van der Waals surface area contributed by atoms with Crippen molar-refractivity contribution in [2.75, 3.05) is 17.6 Å². The molecule has 0 atom stereocenters. The van der Waals surface area contributed by atoms with E-state index in [0.717, 1.165) is 36.6 Å². The molecule has 1 aliphatic carbocycles. The highest BCUT2D eigenvalue weighted by molar-refractivity contribution is 9.09. The van der Waals surface area contributed by atoms with Gasteiger partial charge in [0.1, 0.15) is 0 Å². The van der Waals surface area contributed by atoms with Gasteiger partial charge in [-0.25, -0.2) is 8.42 Å². The zero-order valence-corrected chi connectivity index (χ0v) is 14.1. The van der Waals surface area contributed by atoms with Gasteiger partial charge in [-0.05, 0) is 31.2 Å². The van der Waals surface area contributed by atoms with Gasteiger partial charge in [0.2, 0.25) is 10.0 Å². The van der Waals surface area contributed by atoms with Crippen LogP contribution in [0.2, 0.25) is 0 Å². The number of sulfonamides is 1. The van der Waals surface area contributed by atoms with Crippen LogP contribution in [0.1, 0.15) is 31.2 Å². The third-order valence-corrected chi connectivity index (χ3v) is 6.32. The predicted octanol–water partition coefficient (Wildman–Crippen LogP) is 3.20. The normalized spacial score (nSPS) is 16.3. The van der Waals surface area contributed by atoms with E-state index >= 15 is 0 Å². The lowest BCUT2D eigenvalue weighted by atomic mass is 9.93. The molecule has 0 radical (unpaired) electrons. The molecule has 0 bridgehead atoms. The maximum Gasteiger partial charge on any atom is 0.214 e. The Kier molecular flexibility index (Phi) is 6.05. The monoisotopic (exact) mass is 359 g/mol. The SMILES string of the molecule is O=S(=O)(CCc1ccccc1)N(CCCBr)C1CCC1. The first-order valence-corrected chi connectivity index (χ1v) is 9.96. The first-order chi connectivity index (χ1) is 9.63. The second-order valence-electron chi connectivity index (χ2n) is 5.29. The van der Waals surface area contributed by atoms with Crippen LogP contribution >= 0.6 is 15.9 Å². The molecule has 1 fully saturated rings. The fourth-order valence-corrected chi connectivity index (χ4v) is 4.50. The Labute approximate surface area is 130 Å². The molecule has 0 amide bonds. The van der Waals surface area contributed by atoms with Crippen molar-refractivity contribution in [1.82, 2.24) is 4.31 Å². The van der Waals surface area contributed by atoms with E-state index in [2.05, 4.69) is 15.9 Å². The number of hydrogen-bond acceptors (Lipinski definition) is 2. The number of hydrogen-bond donors (Lipinski definition) is 0. The first-order valence-electron chi connectivity index (χ1n) is 7.23. The van der Waals surface area contributed by atoms with Crippen LogP contribution < -0.4 is 0 Å². The molecule has 0 N–H and O–H groups in total. The van der Waals surface area contributed by atoms with Crippen molar-refractivity contribution >= 4 is 26.0 Å². The number of aryl methyl sites for hydroxylation is 1. The molecule has 0 aliphatic heterocycles. The summed E-state index contributed by atoms with van der Waals surface area (Å²) < 4.78 is 26.9. The van der Waals surface area contributed by atoms with Gasteiger partial charge in [0.05, 0.1) is 5.75 Å². The topological polar surface area (TPSA) is 37.4 Å². The molecule has 1 saturated carbocycles. The van der Waals surface area contributed by atoms with Gasteiger partial charge in [0.15, 0.2) is 0 Å². The van der Waals surface area contributed by atoms with Crippen LogP contribution in [0, 0.1) is 0 Å². The van der Waals surface area contributed by atoms with Crippen LogP contribution in [-0.4, -0.2) is 36.4 Å². The van der Waals surface area contributed by atoms with E-state index in [4.69, 9.17) is 0 Å². The zero-order chi connectivity index (χ0) is 14.4. The number of alkyl halides is 1. The molecule has 0 unspecified atom stereocenters. The van der Waals surface area contributed by atoms with Crippen LogP contribution in [-0.2, 0) is 16.4 Å². The van der Waals surface area contributed by atoms with Gasteiger partial charge in [-0.1, -0.05) is 52.7 Å². The Balaban J connectivity index is 1.98. The van der Waals surface area contributed by atoms with Crippen LogP contribution in [0.15, 0.2) is 30.3 Å². The Bertz CT molecular complexity index is 500. The Morgan fingerprint density at radius 2 is 1.90 bits per heavy atom. The lowest BCUT2D eigenvalue weighted by Crippen LogP contribution is -2.46. The maximum absolute atomic E-state index is 12.6. The Hall–Kier alpha value is -0.390. The van der Waals surface area contributed by atoms with Gasteiger partial charge in [0, 0.05) is 17.9 Å². The van der Waals surface area contributed by atoms with Gasteiger partial charge in [-0.3, -0.25) is 0 Å². The molecule has 0 saturated heterocycles. The highest BCUT2D eigenvalue weighted by Crippen LogP contribution is 2.27. The van der Waals surface area contributed by atoms with Crippen LogP contribution in [0.4, 0.5) is 0 Å². The third kappa shape index (κ3) is 4.30. The van der Waals surface area contributed by atoms with Crippen molar-refractivity contribution < 1.29 is 8.42 Å². The summed E-state index contributed by atoms with van der Waals surface area (Å²) in [6, 6.07) is 10.1. The molecule has 1 aromatic carbocycles. The molecule has 1 aromatic rings. The minimum absolute atomic E-state index is 0.218. The highest BCUT2D eigenvalue weighted by Gasteiger charge is 2.32. The summed E-state index contributed by atoms with van der Waals surface area (Å²) in [5.41, 5.74) is 1.09. The summed E-state index contributed by atoms with van der Waals surface area (Å²) in [5, 5.41) is 0.852. The highest BCUT2D eigenvalue weighted by atomic mass is 79.9. The van der Waals surface area contributed by atoms with Crippen molar-refractivity contribution in [3.63, 3.8) is 0 Å². The predicted molar refractivity (Wildman–Crippen MR) is 86.7 cm³/mol. The van der Waals surface area contributed by atoms with E-state index < -0.39 is 10.0 Å². The minimum atomic E-state index is -3.14. The average Bonchev–Trinajstić information content (AvgIpc) is 2.40. The van der Waals surface area contributed by atoms with E-state index in [9.17, 15) is 8.42 Å². The van der Waals surface area contributed by atoms with Crippen molar-refractivity contribution in [2.24, 2.45) is 0 Å². The van der Waals surface area contributed by atoms with Crippen molar-refractivity contribution in [2.45, 2.75) is 38.1 Å². The van der Waals surface area contributed by atoms with Crippen LogP contribution in [0.3, 0.4) is 0 Å². The third-order valence-electron chi connectivity index (χ3n) is 3.84. The summed E-state index contributed by atoms with van der Waals surface area (Å²) >= 11 is 3.39. The van der Waals surface area contributed by atoms with Gasteiger partial charge >= 0.3 is 0 Å². The second kappa shape index (κ2) is 7.57. The summed E-state index contributed by atoms with van der Waals surface area (Å²) in [7, 11) is -3.14. The van der Waals surface area contributed by atoms with Crippen molar-refractivity contribution in [3.05, 3.63) is 35.9 Å². The molecule has 1 aliphatic rings. The second-order valence-corrected chi connectivity index (χ2v) is 8.12. The molecule has 0 spiro atoms. The first kappa shape index (κ1) is 16.0. The number of rotatable bonds is 8. The molecule has 112 valence electrons. The number of nitrogens with zero attached hydrogens (tertiary/aromatic N) is 1. The average molecular weight is 360 g/mol. The fourth-order valence-electron chi connectivity index (χ4n) is 2.45. The minimum Gasteiger partial charge on any atom is -0.212 e. The van der Waals surface area contributed by atoms with Gasteiger partial charge in [-0.2, -0.15) is 4.31 Å². The molecular formula is C15H22BrNO2S. The fraction of sp³-hybridized carbons (Fsp3) is 0.600. The maximum atomic E-state index is 12.6. The lowest BCUT2D eigenvalue weighted by molar-refractivity contribution is 0.220. The van der Waals surface area contributed by atoms with Crippen molar-refractivity contribution in [1.29, 1.82) is 0 Å². The van der Waals surface area contributed by atoms with E-state index in [1.165, 1.54) is 0 Å². The Morgan fingerprint density at radius 1 is 1.20 bits per heavy atom.